The Morgan fingerprint density at radius 3 is 2.89 bits per heavy atom. The van der Waals surface area contributed by atoms with Crippen LogP contribution in [0.4, 0.5) is 0 Å². The Hall–Kier alpha value is -1.66. The maximum atomic E-state index is 11.5. The number of thiazole rings is 1. The molecule has 1 aromatic carbocycles. The first-order valence-corrected chi connectivity index (χ1v) is 7.14. The molecule has 3 aromatic rings. The van der Waals surface area contributed by atoms with Crippen molar-refractivity contribution in [3.8, 4) is 0 Å². The standard InChI is InChI=1S/C12H9N3OS2/c16-11-9-10(13-7-14-11)15-12(18-9)17-6-8-4-2-1-3-5-8/h1-5,7H,6H2,(H,13,14,16). The summed E-state index contributed by atoms with van der Waals surface area (Å²) in [5, 5.41) is 0. The third kappa shape index (κ3) is 2.30. The van der Waals surface area contributed by atoms with E-state index in [2.05, 4.69) is 27.1 Å². The second-order valence-corrected chi connectivity index (χ2v) is 5.86. The van der Waals surface area contributed by atoms with Gasteiger partial charge in [-0.15, -0.1) is 11.3 Å². The SMILES string of the molecule is O=c1[nH]cnc2nc(SCc3ccccc3)sc12. The molecule has 0 radical (unpaired) electrons. The third-order valence-corrected chi connectivity index (χ3v) is 4.64. The Morgan fingerprint density at radius 2 is 2.11 bits per heavy atom. The number of nitrogens with zero attached hydrogens (tertiary/aromatic N) is 2. The van der Waals surface area contributed by atoms with Gasteiger partial charge in [0.25, 0.3) is 5.56 Å². The van der Waals surface area contributed by atoms with Crippen molar-refractivity contribution in [2.75, 3.05) is 0 Å². The lowest BCUT2D eigenvalue weighted by atomic mass is 10.2. The fourth-order valence-electron chi connectivity index (χ4n) is 1.53. The summed E-state index contributed by atoms with van der Waals surface area (Å²) in [7, 11) is 0. The van der Waals surface area contributed by atoms with Crippen LogP contribution in [0.1, 0.15) is 5.56 Å². The van der Waals surface area contributed by atoms with Gasteiger partial charge in [0.15, 0.2) is 9.99 Å². The summed E-state index contributed by atoms with van der Waals surface area (Å²) in [6, 6.07) is 10.2. The van der Waals surface area contributed by atoms with E-state index in [0.29, 0.717) is 10.3 Å². The van der Waals surface area contributed by atoms with Gasteiger partial charge in [-0.1, -0.05) is 42.1 Å². The molecule has 1 N–H and O–H groups in total. The Labute approximate surface area is 111 Å². The van der Waals surface area contributed by atoms with Gasteiger partial charge in [0, 0.05) is 5.75 Å². The quantitative estimate of drug-likeness (QED) is 0.747. The molecule has 0 aliphatic carbocycles. The topological polar surface area (TPSA) is 58.6 Å². The molecule has 2 heterocycles. The van der Waals surface area contributed by atoms with Crippen LogP contribution in [0.5, 0.6) is 0 Å². The molecule has 0 atom stereocenters. The monoisotopic (exact) mass is 275 g/mol. The fraction of sp³-hybridized carbons (Fsp3) is 0.0833. The number of hydrogen-bond donors (Lipinski definition) is 1. The number of H-pyrrole nitrogens is 1. The van der Waals surface area contributed by atoms with Gasteiger partial charge in [-0.25, -0.2) is 9.97 Å². The van der Waals surface area contributed by atoms with Crippen LogP contribution in [-0.4, -0.2) is 15.0 Å². The Balaban J connectivity index is 1.83. The summed E-state index contributed by atoms with van der Waals surface area (Å²) in [6.45, 7) is 0. The Kier molecular flexibility index (Phi) is 3.12. The van der Waals surface area contributed by atoms with Crippen molar-refractivity contribution in [2.45, 2.75) is 10.1 Å². The van der Waals surface area contributed by atoms with Crippen molar-refractivity contribution in [3.05, 3.63) is 52.6 Å². The predicted molar refractivity (Wildman–Crippen MR) is 74.0 cm³/mol. The molecule has 90 valence electrons. The van der Waals surface area contributed by atoms with Crippen molar-refractivity contribution in [1.29, 1.82) is 0 Å². The van der Waals surface area contributed by atoms with Gasteiger partial charge in [0.05, 0.1) is 6.33 Å². The first-order valence-electron chi connectivity index (χ1n) is 5.34. The van der Waals surface area contributed by atoms with E-state index < -0.39 is 0 Å². The van der Waals surface area contributed by atoms with Crippen molar-refractivity contribution >= 4 is 33.4 Å². The molecule has 0 saturated carbocycles. The zero-order valence-electron chi connectivity index (χ0n) is 9.29. The molecule has 0 aliphatic rings. The number of nitrogens with one attached hydrogen (secondary N) is 1. The summed E-state index contributed by atoms with van der Waals surface area (Å²) < 4.78 is 1.46. The highest BCUT2D eigenvalue weighted by Gasteiger charge is 2.08. The zero-order chi connectivity index (χ0) is 12.4. The van der Waals surface area contributed by atoms with Crippen LogP contribution < -0.4 is 5.56 Å². The van der Waals surface area contributed by atoms with Crippen LogP contribution in [0.25, 0.3) is 10.3 Å². The fourth-order valence-corrected chi connectivity index (χ4v) is 3.47. The molecule has 0 fully saturated rings. The molecule has 6 heteroatoms. The molecule has 0 amide bonds. The van der Waals surface area contributed by atoms with Crippen LogP contribution >= 0.6 is 23.1 Å². The number of rotatable bonds is 3. The lowest BCUT2D eigenvalue weighted by Gasteiger charge is -1.96. The number of hydrogen-bond acceptors (Lipinski definition) is 5. The van der Waals surface area contributed by atoms with Crippen molar-refractivity contribution in [2.24, 2.45) is 0 Å². The highest BCUT2D eigenvalue weighted by Crippen LogP contribution is 2.28. The highest BCUT2D eigenvalue weighted by atomic mass is 32.2. The maximum Gasteiger partial charge on any atom is 0.270 e. The van der Waals surface area contributed by atoms with Gasteiger partial charge in [0.2, 0.25) is 0 Å². The minimum Gasteiger partial charge on any atom is -0.312 e. The molecule has 0 spiro atoms. The summed E-state index contributed by atoms with van der Waals surface area (Å²) in [4.78, 5) is 22.5. The van der Waals surface area contributed by atoms with Crippen LogP contribution in [0.15, 0.2) is 45.8 Å². The van der Waals surface area contributed by atoms with E-state index in [1.165, 1.54) is 23.2 Å². The van der Waals surface area contributed by atoms with E-state index in [1.54, 1.807) is 11.8 Å². The molecule has 18 heavy (non-hydrogen) atoms. The van der Waals surface area contributed by atoms with Gasteiger partial charge < -0.3 is 4.98 Å². The molecule has 4 nitrogen and oxygen atoms in total. The highest BCUT2D eigenvalue weighted by molar-refractivity contribution is 8.00. The van der Waals surface area contributed by atoms with Crippen molar-refractivity contribution in [1.82, 2.24) is 15.0 Å². The van der Waals surface area contributed by atoms with Gasteiger partial charge >= 0.3 is 0 Å². The van der Waals surface area contributed by atoms with Crippen LogP contribution in [0.2, 0.25) is 0 Å². The first-order chi connectivity index (χ1) is 8.83. The van der Waals surface area contributed by atoms with Gasteiger partial charge in [-0.05, 0) is 5.56 Å². The van der Waals surface area contributed by atoms with E-state index >= 15 is 0 Å². The van der Waals surface area contributed by atoms with E-state index in [-0.39, 0.29) is 5.56 Å². The number of thioether (sulfide) groups is 1. The zero-order valence-corrected chi connectivity index (χ0v) is 10.9. The third-order valence-electron chi connectivity index (χ3n) is 2.38. The Morgan fingerprint density at radius 1 is 1.28 bits per heavy atom. The molecule has 0 aliphatic heterocycles. The molecule has 3 rings (SSSR count). The lowest BCUT2D eigenvalue weighted by molar-refractivity contribution is 1.14. The average molecular weight is 275 g/mol. The predicted octanol–water partition coefficient (Wildman–Crippen LogP) is 2.67. The normalized spacial score (nSPS) is 10.9. The summed E-state index contributed by atoms with van der Waals surface area (Å²) >= 11 is 3.01. The second-order valence-electron chi connectivity index (χ2n) is 3.64. The average Bonchev–Trinajstić information content (AvgIpc) is 2.82. The van der Waals surface area contributed by atoms with E-state index in [0.717, 1.165) is 10.1 Å². The molecule has 0 saturated heterocycles. The van der Waals surface area contributed by atoms with Crippen LogP contribution in [0, 0.1) is 0 Å². The van der Waals surface area contributed by atoms with Gasteiger partial charge in [0.1, 0.15) is 4.70 Å². The van der Waals surface area contributed by atoms with E-state index in [1.807, 2.05) is 18.2 Å². The maximum absolute atomic E-state index is 11.5. The van der Waals surface area contributed by atoms with Gasteiger partial charge in [-0.2, -0.15) is 0 Å². The summed E-state index contributed by atoms with van der Waals surface area (Å²) in [5.74, 6) is 0.846. The van der Waals surface area contributed by atoms with Crippen LogP contribution in [0.3, 0.4) is 0 Å². The van der Waals surface area contributed by atoms with Crippen LogP contribution in [-0.2, 0) is 5.75 Å². The smallest absolute Gasteiger partial charge is 0.270 e. The van der Waals surface area contributed by atoms with E-state index in [9.17, 15) is 4.79 Å². The number of aromatic nitrogens is 3. The summed E-state index contributed by atoms with van der Waals surface area (Å²) in [6.07, 6.45) is 1.38. The van der Waals surface area contributed by atoms with E-state index in [4.69, 9.17) is 0 Å². The number of fused-ring (bicyclic) bond motifs is 1. The lowest BCUT2D eigenvalue weighted by Crippen LogP contribution is -2.03. The summed E-state index contributed by atoms with van der Waals surface area (Å²) in [5.41, 5.74) is 1.65. The minimum absolute atomic E-state index is 0.121. The molecular formula is C12H9N3OS2. The second kappa shape index (κ2) is 4.91. The largest absolute Gasteiger partial charge is 0.312 e. The Bertz CT molecular complexity index is 721. The first kappa shape index (κ1) is 11.4. The molecule has 0 unspecified atom stereocenters. The number of aromatic amines is 1. The number of benzene rings is 1. The minimum atomic E-state index is -0.121. The van der Waals surface area contributed by atoms with Crippen molar-refractivity contribution in [3.63, 3.8) is 0 Å². The molecule has 2 aromatic heterocycles. The molecular weight excluding hydrogens is 266 g/mol. The van der Waals surface area contributed by atoms with Crippen molar-refractivity contribution < 1.29 is 0 Å². The molecule has 0 bridgehead atoms. The van der Waals surface area contributed by atoms with Gasteiger partial charge in [-0.3, -0.25) is 4.79 Å².